The van der Waals surface area contributed by atoms with Crippen molar-refractivity contribution in [3.63, 3.8) is 0 Å². The second-order valence-corrected chi connectivity index (χ2v) is 5.80. The number of halogens is 1. The number of aryl methyl sites for hydroxylation is 1. The van der Waals surface area contributed by atoms with E-state index in [4.69, 9.17) is 0 Å². The number of nitrogens with zero attached hydrogens (tertiary/aromatic N) is 2. The smallest absolute Gasteiger partial charge is 0.131 e. The van der Waals surface area contributed by atoms with Gasteiger partial charge in [0.25, 0.3) is 0 Å². The Bertz CT molecular complexity index is 706. The van der Waals surface area contributed by atoms with Crippen molar-refractivity contribution >= 4 is 11.3 Å². The van der Waals surface area contributed by atoms with Crippen molar-refractivity contribution < 1.29 is 4.39 Å². The van der Waals surface area contributed by atoms with Crippen LogP contribution in [0.5, 0.6) is 0 Å². The molecule has 1 N–H and O–H groups in total. The van der Waals surface area contributed by atoms with Gasteiger partial charge in [-0.2, -0.15) is 0 Å². The minimum absolute atomic E-state index is 0.0374. The van der Waals surface area contributed by atoms with Crippen LogP contribution < -0.4 is 5.32 Å². The molecule has 108 valence electrons. The van der Waals surface area contributed by atoms with Crippen LogP contribution in [0.4, 0.5) is 4.39 Å². The van der Waals surface area contributed by atoms with Crippen LogP contribution in [0.3, 0.4) is 0 Å². The van der Waals surface area contributed by atoms with Crippen molar-refractivity contribution in [2.24, 2.45) is 7.05 Å². The van der Waals surface area contributed by atoms with E-state index in [0.717, 1.165) is 5.82 Å². The Hall–Kier alpha value is -1.98. The summed E-state index contributed by atoms with van der Waals surface area (Å²) in [5.74, 6) is 0.739. The van der Waals surface area contributed by atoms with E-state index >= 15 is 0 Å². The summed E-state index contributed by atoms with van der Waals surface area (Å²) in [5.41, 5.74) is 0.660. The van der Waals surface area contributed by atoms with Crippen LogP contribution in [0, 0.1) is 5.82 Å². The Morgan fingerprint density at radius 3 is 2.81 bits per heavy atom. The molecule has 1 aromatic carbocycles. The molecule has 5 heteroatoms. The van der Waals surface area contributed by atoms with Gasteiger partial charge >= 0.3 is 0 Å². The molecule has 0 amide bonds. The first kappa shape index (κ1) is 14.0. The van der Waals surface area contributed by atoms with Gasteiger partial charge in [-0.25, -0.2) is 9.37 Å². The summed E-state index contributed by atoms with van der Waals surface area (Å²) in [6, 6.07) is 10.9. The highest BCUT2D eigenvalue weighted by molar-refractivity contribution is 7.10. The predicted octanol–water partition coefficient (Wildman–Crippen LogP) is 3.50. The van der Waals surface area contributed by atoms with Crippen molar-refractivity contribution in [3.05, 3.63) is 76.3 Å². The maximum atomic E-state index is 13.7. The van der Waals surface area contributed by atoms with Gasteiger partial charge in [-0.05, 0) is 17.5 Å². The number of nitrogens with one attached hydrogen (secondary N) is 1. The molecule has 0 spiro atoms. The first-order valence-corrected chi connectivity index (χ1v) is 7.61. The highest BCUT2D eigenvalue weighted by Crippen LogP contribution is 2.25. The fourth-order valence-electron chi connectivity index (χ4n) is 2.28. The second kappa shape index (κ2) is 6.20. The van der Waals surface area contributed by atoms with E-state index in [1.54, 1.807) is 29.7 Å². The highest BCUT2D eigenvalue weighted by Gasteiger charge is 2.19. The topological polar surface area (TPSA) is 29.9 Å². The van der Waals surface area contributed by atoms with Crippen LogP contribution >= 0.6 is 11.3 Å². The van der Waals surface area contributed by atoms with E-state index in [2.05, 4.69) is 16.4 Å². The molecule has 0 aliphatic carbocycles. The van der Waals surface area contributed by atoms with Gasteiger partial charge in [0.05, 0.1) is 0 Å². The average Bonchev–Trinajstić information content (AvgIpc) is 3.14. The molecule has 1 atom stereocenters. The molecule has 0 fully saturated rings. The van der Waals surface area contributed by atoms with E-state index in [1.165, 1.54) is 10.9 Å². The number of aromatic nitrogens is 2. The van der Waals surface area contributed by atoms with Gasteiger partial charge in [0.15, 0.2) is 0 Å². The van der Waals surface area contributed by atoms with Crippen LogP contribution in [0.15, 0.2) is 54.2 Å². The van der Waals surface area contributed by atoms with E-state index in [0.29, 0.717) is 12.1 Å². The van der Waals surface area contributed by atoms with Gasteiger partial charge in [-0.3, -0.25) is 5.32 Å². The SMILES string of the molecule is Cn1ccnc1C(NCc1ccccc1F)c1cccs1. The van der Waals surface area contributed by atoms with Gasteiger partial charge in [0.2, 0.25) is 0 Å². The fraction of sp³-hybridized carbons (Fsp3) is 0.188. The van der Waals surface area contributed by atoms with Crippen LogP contribution in [0.1, 0.15) is 22.3 Å². The third-order valence-corrected chi connectivity index (χ3v) is 4.34. The maximum absolute atomic E-state index is 13.7. The summed E-state index contributed by atoms with van der Waals surface area (Å²) < 4.78 is 15.7. The predicted molar refractivity (Wildman–Crippen MR) is 82.6 cm³/mol. The van der Waals surface area contributed by atoms with Crippen molar-refractivity contribution in [1.29, 1.82) is 0 Å². The molecule has 21 heavy (non-hydrogen) atoms. The molecular formula is C16H16FN3S. The lowest BCUT2D eigenvalue weighted by Crippen LogP contribution is -2.24. The summed E-state index contributed by atoms with van der Waals surface area (Å²) in [6.07, 6.45) is 3.70. The molecule has 2 aromatic heterocycles. The van der Waals surface area contributed by atoms with E-state index < -0.39 is 0 Å². The van der Waals surface area contributed by atoms with Crippen molar-refractivity contribution in [2.75, 3.05) is 0 Å². The van der Waals surface area contributed by atoms with Gasteiger partial charge < -0.3 is 4.57 Å². The summed E-state index contributed by atoms with van der Waals surface area (Å²) in [6.45, 7) is 0.460. The molecule has 2 heterocycles. The molecule has 0 radical (unpaired) electrons. The molecule has 3 nitrogen and oxygen atoms in total. The molecule has 0 saturated carbocycles. The fourth-order valence-corrected chi connectivity index (χ4v) is 3.08. The van der Waals surface area contributed by atoms with Gasteiger partial charge in [0, 0.05) is 36.4 Å². The zero-order valence-electron chi connectivity index (χ0n) is 11.7. The monoisotopic (exact) mass is 301 g/mol. The van der Waals surface area contributed by atoms with E-state index in [1.807, 2.05) is 35.3 Å². The molecule has 3 rings (SSSR count). The molecule has 0 saturated heterocycles. The standard InChI is InChI=1S/C16H16FN3S/c1-20-9-8-18-16(20)15(14-7-4-10-21-14)19-11-12-5-2-3-6-13(12)17/h2-10,15,19H,11H2,1H3. The number of benzene rings is 1. The lowest BCUT2D eigenvalue weighted by Gasteiger charge is -2.17. The lowest BCUT2D eigenvalue weighted by atomic mass is 10.1. The molecule has 0 aliphatic heterocycles. The van der Waals surface area contributed by atoms with Gasteiger partial charge in [-0.15, -0.1) is 11.3 Å². The summed E-state index contributed by atoms with van der Waals surface area (Å²) in [4.78, 5) is 5.59. The van der Waals surface area contributed by atoms with Crippen molar-refractivity contribution in [3.8, 4) is 0 Å². The Morgan fingerprint density at radius 2 is 2.14 bits per heavy atom. The summed E-state index contributed by atoms with van der Waals surface area (Å²) in [5, 5.41) is 5.45. The Balaban J connectivity index is 1.84. The lowest BCUT2D eigenvalue weighted by molar-refractivity contribution is 0.540. The third-order valence-electron chi connectivity index (χ3n) is 3.40. The molecule has 3 aromatic rings. The van der Waals surface area contributed by atoms with Crippen LogP contribution in [0.2, 0.25) is 0 Å². The summed E-state index contributed by atoms with van der Waals surface area (Å²) >= 11 is 1.67. The van der Waals surface area contributed by atoms with Crippen LogP contribution in [-0.2, 0) is 13.6 Å². The quantitative estimate of drug-likeness (QED) is 0.781. The van der Waals surface area contributed by atoms with Crippen molar-refractivity contribution in [2.45, 2.75) is 12.6 Å². The Morgan fingerprint density at radius 1 is 1.29 bits per heavy atom. The first-order valence-electron chi connectivity index (χ1n) is 6.73. The zero-order valence-corrected chi connectivity index (χ0v) is 12.5. The molecule has 1 unspecified atom stereocenters. The average molecular weight is 301 g/mol. The number of rotatable bonds is 5. The Labute approximate surface area is 127 Å². The van der Waals surface area contributed by atoms with E-state index in [9.17, 15) is 4.39 Å². The number of hydrogen-bond acceptors (Lipinski definition) is 3. The number of imidazole rings is 1. The maximum Gasteiger partial charge on any atom is 0.131 e. The second-order valence-electron chi connectivity index (χ2n) is 4.82. The van der Waals surface area contributed by atoms with Crippen LogP contribution in [-0.4, -0.2) is 9.55 Å². The minimum atomic E-state index is -0.185. The van der Waals surface area contributed by atoms with Gasteiger partial charge in [-0.1, -0.05) is 24.3 Å². The number of thiophene rings is 1. The summed E-state index contributed by atoms with van der Waals surface area (Å²) in [7, 11) is 1.97. The van der Waals surface area contributed by atoms with Gasteiger partial charge in [0.1, 0.15) is 17.7 Å². The minimum Gasteiger partial charge on any atom is -0.336 e. The molecule has 0 aliphatic rings. The molecular weight excluding hydrogens is 285 g/mol. The third kappa shape index (κ3) is 3.04. The first-order chi connectivity index (χ1) is 10.3. The Kier molecular flexibility index (Phi) is 4.13. The normalized spacial score (nSPS) is 12.5. The molecule has 0 bridgehead atoms. The van der Waals surface area contributed by atoms with Crippen molar-refractivity contribution in [1.82, 2.24) is 14.9 Å². The zero-order chi connectivity index (χ0) is 14.7. The number of hydrogen-bond donors (Lipinski definition) is 1. The van der Waals surface area contributed by atoms with E-state index in [-0.39, 0.29) is 11.9 Å². The largest absolute Gasteiger partial charge is 0.336 e. The van der Waals surface area contributed by atoms with Crippen LogP contribution in [0.25, 0.3) is 0 Å². The highest BCUT2D eigenvalue weighted by atomic mass is 32.1.